The standard InChI is InChI=1S/C8H18O21P6.6Na/c1-22-31(12,13)23-4-3(2-30(9,10)11)5-7(26-33(16,17)28-32(14,15)24-5)8-6(4)25-34(18,19)29-35(20,21)27-8;;;;;;/h3-8H,2H2,1H3,(H,12,13)(H,14,15)(H,16,17)(H,18,19)(H,20,21)(H2,9,10,11);;;;;;/q;6*+1/p-6. The molecule has 0 aromatic rings. The summed E-state index contributed by atoms with van der Waals surface area (Å²) in [7, 11) is -34.6. The predicted octanol–water partition coefficient (Wildman–Crippen LogP) is -21.8. The molecule has 1 saturated carbocycles. The molecule has 3 rings (SSSR count). The number of phosphoric acid groups is 5. The van der Waals surface area contributed by atoms with E-state index in [1.807, 2.05) is 0 Å². The Morgan fingerprint density at radius 2 is 1.00 bits per heavy atom. The van der Waals surface area contributed by atoms with Crippen molar-refractivity contribution in [1.82, 2.24) is 0 Å². The molecule has 2 saturated heterocycles. The normalized spacial score (nSPS) is 44.5. The molecule has 2 heterocycles. The van der Waals surface area contributed by atoms with Crippen LogP contribution < -0.4 is 207 Å². The summed E-state index contributed by atoms with van der Waals surface area (Å²) in [6.45, 7) is 0. The summed E-state index contributed by atoms with van der Waals surface area (Å²) < 4.78 is 105. The van der Waals surface area contributed by atoms with E-state index in [-0.39, 0.29) is 177 Å². The van der Waals surface area contributed by atoms with Gasteiger partial charge < -0.3 is 66.0 Å². The van der Waals surface area contributed by atoms with Crippen LogP contribution in [-0.2, 0) is 63.2 Å². The third kappa shape index (κ3) is 16.3. The molecule has 0 bridgehead atoms. The summed E-state index contributed by atoms with van der Waals surface area (Å²) in [5.74, 6) is -2.39. The second-order valence-electron chi connectivity index (χ2n) is 6.92. The quantitative estimate of drug-likeness (QED) is 0.200. The van der Waals surface area contributed by atoms with Gasteiger partial charge >= 0.3 is 177 Å². The molecule has 12 atom stereocenters. The fourth-order valence-electron chi connectivity index (χ4n) is 3.46. The topological polar surface area (TPSA) is 335 Å². The first kappa shape index (κ1) is 54.6. The van der Waals surface area contributed by atoms with E-state index in [0.717, 1.165) is 0 Å². The van der Waals surface area contributed by atoms with E-state index in [1.54, 1.807) is 0 Å². The van der Waals surface area contributed by atoms with Gasteiger partial charge in [-0.3, -0.25) is 22.8 Å². The molecule has 0 radical (unpaired) electrons. The summed E-state index contributed by atoms with van der Waals surface area (Å²) in [6, 6.07) is 0. The molecule has 12 unspecified atom stereocenters. The summed E-state index contributed by atoms with van der Waals surface area (Å²) >= 11 is 0. The van der Waals surface area contributed by atoms with Gasteiger partial charge in [-0.1, -0.05) is 0 Å². The van der Waals surface area contributed by atoms with Crippen LogP contribution in [0, 0.1) is 5.92 Å². The van der Waals surface area contributed by atoms with Gasteiger partial charge in [0.15, 0.2) is 0 Å². The number of fused-ring (bicyclic) bond motifs is 3. The first-order valence-corrected chi connectivity index (χ1v) is 17.6. The molecule has 41 heavy (non-hydrogen) atoms. The van der Waals surface area contributed by atoms with Crippen LogP contribution in [0.4, 0.5) is 0 Å². The minimum Gasteiger partial charge on any atom is -0.779 e. The molecule has 33 heteroatoms. The van der Waals surface area contributed by atoms with E-state index in [4.69, 9.17) is 0 Å². The van der Waals surface area contributed by atoms with Crippen LogP contribution in [0.2, 0.25) is 0 Å². The van der Waals surface area contributed by atoms with Crippen LogP contribution in [0.1, 0.15) is 0 Å². The molecule has 2 aliphatic heterocycles. The van der Waals surface area contributed by atoms with Gasteiger partial charge in [0, 0.05) is 19.2 Å². The molecular weight excluding hydrogens is 756 g/mol. The Balaban J connectivity index is -0.00000114. The Kier molecular flexibility index (Phi) is 26.8. The zero-order valence-corrected chi connectivity index (χ0v) is 39.8. The molecular formula is C8H12Na6O21P6. The van der Waals surface area contributed by atoms with Crippen molar-refractivity contribution in [3.05, 3.63) is 0 Å². The first-order chi connectivity index (χ1) is 15.5. The summed E-state index contributed by atoms with van der Waals surface area (Å²) in [5, 5.41) is 0. The third-order valence-electron chi connectivity index (χ3n) is 4.46. The van der Waals surface area contributed by atoms with Crippen LogP contribution in [0.25, 0.3) is 0 Å². The number of phosphoric ester groups is 5. The summed E-state index contributed by atoms with van der Waals surface area (Å²) in [6.07, 6.45) is -14.8. The van der Waals surface area contributed by atoms with Crippen molar-refractivity contribution in [2.45, 2.75) is 30.5 Å². The molecule has 0 aromatic heterocycles. The van der Waals surface area contributed by atoms with E-state index in [1.165, 1.54) is 0 Å². The van der Waals surface area contributed by atoms with Gasteiger partial charge in [0.1, 0.15) is 38.1 Å². The fourth-order valence-corrected chi connectivity index (χ4v) is 9.83. The molecule has 1 N–H and O–H groups in total. The molecule has 0 spiro atoms. The fraction of sp³-hybridized carbons (Fsp3) is 1.00. The van der Waals surface area contributed by atoms with Gasteiger partial charge in [0.2, 0.25) is 0 Å². The predicted molar refractivity (Wildman–Crippen MR) is 89.8 cm³/mol. The van der Waals surface area contributed by atoms with E-state index >= 15 is 0 Å². The van der Waals surface area contributed by atoms with Crippen molar-refractivity contribution >= 4 is 46.7 Å². The average molecular weight is 768 g/mol. The van der Waals surface area contributed by atoms with Crippen molar-refractivity contribution in [3.8, 4) is 0 Å². The molecule has 0 aromatic carbocycles. The number of rotatable bonds is 5. The van der Waals surface area contributed by atoms with Crippen molar-refractivity contribution in [2.75, 3.05) is 13.3 Å². The molecule has 3 fully saturated rings. The number of hydrogen-bond donors (Lipinski definition) is 1. The SMILES string of the molecule is COP(=O)([O-])OC1C(CP(=O)([O-])O)C2OP(=O)([O-])OP(=O)([O-])OC2C2OP(=O)([O-])OP(=O)([O-])OC12.[Na+].[Na+].[Na+].[Na+].[Na+].[Na+]. The first-order valence-electron chi connectivity index (χ1n) is 8.53. The van der Waals surface area contributed by atoms with E-state index in [9.17, 15) is 61.6 Å². The zero-order valence-electron chi connectivity index (χ0n) is 22.5. The Morgan fingerprint density at radius 1 is 0.683 bits per heavy atom. The molecule has 1 aliphatic carbocycles. The van der Waals surface area contributed by atoms with Gasteiger partial charge in [-0.25, -0.2) is 8.62 Å². The van der Waals surface area contributed by atoms with E-state index in [0.29, 0.717) is 7.11 Å². The molecule has 206 valence electrons. The van der Waals surface area contributed by atoms with Gasteiger partial charge in [-0.05, 0) is 0 Å². The van der Waals surface area contributed by atoms with E-state index in [2.05, 4.69) is 35.8 Å². The van der Waals surface area contributed by atoms with Gasteiger partial charge in [-0.15, -0.1) is 0 Å². The van der Waals surface area contributed by atoms with Gasteiger partial charge in [0.25, 0.3) is 39.1 Å². The summed E-state index contributed by atoms with van der Waals surface area (Å²) in [5.41, 5.74) is 0. The maximum Gasteiger partial charge on any atom is 1.00 e. The van der Waals surface area contributed by atoms with Crippen molar-refractivity contribution in [2.24, 2.45) is 5.92 Å². The van der Waals surface area contributed by atoms with Gasteiger partial charge in [-0.2, -0.15) is 0 Å². The molecule has 3 aliphatic rings. The maximum absolute atomic E-state index is 12.0. The van der Waals surface area contributed by atoms with Crippen LogP contribution in [0.15, 0.2) is 0 Å². The minimum atomic E-state index is -6.01. The van der Waals surface area contributed by atoms with Crippen LogP contribution in [0.5, 0.6) is 0 Å². The average Bonchev–Trinajstić information content (AvgIpc) is 2.76. The van der Waals surface area contributed by atoms with Gasteiger partial charge in [0.05, 0.1) is 0 Å². The Bertz CT molecular complexity index is 1150. The van der Waals surface area contributed by atoms with Crippen molar-refractivity contribution in [1.29, 1.82) is 0 Å². The minimum absolute atomic E-state index is 0. The second kappa shape index (κ2) is 20.1. The third-order valence-corrected chi connectivity index (χ3v) is 11.5. The molecule has 21 nitrogen and oxygen atoms in total. The second-order valence-corrected chi connectivity index (χ2v) is 15.8. The van der Waals surface area contributed by atoms with E-state index < -0.39 is 89.3 Å². The molecule has 0 amide bonds. The smallest absolute Gasteiger partial charge is 0.779 e. The monoisotopic (exact) mass is 768 g/mol. The largest absolute Gasteiger partial charge is 1.00 e. The van der Waals surface area contributed by atoms with Crippen molar-refractivity contribution < 1.29 is 275 Å². The Labute approximate surface area is 364 Å². The Morgan fingerprint density at radius 3 is 1.34 bits per heavy atom. The Hall–Kier alpha value is 6.78. The summed E-state index contributed by atoms with van der Waals surface area (Å²) in [4.78, 5) is 80.9. The van der Waals surface area contributed by atoms with Crippen LogP contribution in [-0.4, -0.2) is 48.7 Å². The number of hydrogen-bond acceptors (Lipinski definition) is 20. The zero-order chi connectivity index (χ0) is 26.8. The maximum atomic E-state index is 12.0. The van der Waals surface area contributed by atoms with Crippen LogP contribution >= 0.6 is 46.7 Å². The van der Waals surface area contributed by atoms with Crippen LogP contribution in [0.3, 0.4) is 0 Å². The van der Waals surface area contributed by atoms with Crippen molar-refractivity contribution in [3.63, 3.8) is 0 Å².